The van der Waals surface area contributed by atoms with Crippen molar-refractivity contribution in [3.63, 3.8) is 0 Å². The number of carboxylic acids is 1. The Morgan fingerprint density at radius 2 is 2.03 bits per heavy atom. The largest absolute Gasteiger partial charge is 0.477 e. The van der Waals surface area contributed by atoms with Gasteiger partial charge in [-0.15, -0.1) is 15.9 Å². The molecule has 1 fully saturated rings. The maximum absolute atomic E-state index is 12.4. The molecule has 0 bridgehead atoms. The van der Waals surface area contributed by atoms with Crippen LogP contribution in [0.1, 0.15) is 12.5 Å². The van der Waals surface area contributed by atoms with Gasteiger partial charge in [0.2, 0.25) is 0 Å². The summed E-state index contributed by atoms with van der Waals surface area (Å²) in [5.74, 6) is -2.30. The Morgan fingerprint density at radius 3 is 2.63 bits per heavy atom. The zero-order chi connectivity index (χ0) is 22.1. The summed E-state index contributed by atoms with van der Waals surface area (Å²) in [4.78, 5) is 36.2. The molecule has 1 saturated heterocycles. The van der Waals surface area contributed by atoms with Gasteiger partial charge in [-0.3, -0.25) is 14.5 Å². The topological polar surface area (TPSA) is 142 Å². The van der Waals surface area contributed by atoms with Gasteiger partial charge < -0.3 is 9.84 Å². The van der Waals surface area contributed by atoms with E-state index < -0.39 is 33.2 Å². The molecule has 0 spiro atoms. The standard InChI is InChI=1S/C17H17N3O7S3/c1-9-3-5-12(6-4-9)30(25,26)19-29-18-13-15(22)20-14(17(23)24)11(7-27-10(2)21)8-28-16(13)20/h3-6,16,19H,7-8H2,1-2H3,(H,23,24)/b18-13-/t16-/m1/s1. The van der Waals surface area contributed by atoms with Gasteiger partial charge in [-0.05, 0) is 19.1 Å². The van der Waals surface area contributed by atoms with Crippen molar-refractivity contribution in [2.24, 2.45) is 4.40 Å². The number of thioether (sulfide) groups is 1. The van der Waals surface area contributed by atoms with Gasteiger partial charge in [0.15, 0.2) is 0 Å². The molecule has 0 saturated carbocycles. The van der Waals surface area contributed by atoms with Crippen molar-refractivity contribution in [3.8, 4) is 0 Å². The summed E-state index contributed by atoms with van der Waals surface area (Å²) in [6, 6.07) is 6.22. The molecule has 2 aliphatic heterocycles. The van der Waals surface area contributed by atoms with E-state index in [9.17, 15) is 27.9 Å². The summed E-state index contributed by atoms with van der Waals surface area (Å²) in [6.45, 7) is 2.81. The van der Waals surface area contributed by atoms with Gasteiger partial charge in [-0.25, -0.2) is 13.2 Å². The normalized spacial score (nSPS) is 20.1. The van der Waals surface area contributed by atoms with Gasteiger partial charge >= 0.3 is 11.9 Å². The molecule has 1 atom stereocenters. The quantitative estimate of drug-likeness (QED) is 0.339. The fourth-order valence-electron chi connectivity index (χ4n) is 2.70. The number of carboxylic acid groups (broad SMARTS) is 1. The van der Waals surface area contributed by atoms with Crippen LogP contribution in [0.15, 0.2) is 44.8 Å². The van der Waals surface area contributed by atoms with E-state index in [-0.39, 0.29) is 28.7 Å². The molecule has 0 radical (unpaired) electrons. The maximum Gasteiger partial charge on any atom is 0.352 e. The highest BCUT2D eigenvalue weighted by Gasteiger charge is 2.51. The lowest BCUT2D eigenvalue weighted by molar-refractivity contribution is -0.141. The predicted octanol–water partition coefficient (Wildman–Crippen LogP) is 1.09. The number of benzene rings is 1. The zero-order valence-corrected chi connectivity index (χ0v) is 18.3. The Bertz CT molecular complexity index is 1060. The lowest BCUT2D eigenvalue weighted by atomic mass is 10.1. The highest BCUT2D eigenvalue weighted by Crippen LogP contribution is 2.39. The smallest absolute Gasteiger partial charge is 0.352 e. The number of amides is 1. The van der Waals surface area contributed by atoms with Gasteiger partial charge in [-0.1, -0.05) is 17.7 Å². The summed E-state index contributed by atoms with van der Waals surface area (Å²) in [7, 11) is -3.83. The number of carbonyl (C=O) groups is 3. The average Bonchev–Trinajstić information content (AvgIpc) is 2.68. The van der Waals surface area contributed by atoms with Gasteiger partial charge in [0.25, 0.3) is 15.9 Å². The minimum atomic E-state index is -3.83. The minimum Gasteiger partial charge on any atom is -0.477 e. The minimum absolute atomic E-state index is 0.0434. The predicted molar refractivity (Wildman–Crippen MR) is 111 cm³/mol. The number of nitrogens with one attached hydrogen (secondary N) is 1. The molecule has 10 nitrogen and oxygen atoms in total. The van der Waals surface area contributed by atoms with E-state index in [2.05, 4.69) is 8.53 Å². The van der Waals surface area contributed by atoms with Gasteiger partial charge in [0.05, 0.1) is 17.0 Å². The molecule has 0 aliphatic carbocycles. The van der Waals surface area contributed by atoms with E-state index in [1.807, 2.05) is 6.92 Å². The Balaban J connectivity index is 1.71. The maximum atomic E-state index is 12.4. The molecule has 3 rings (SSSR count). The van der Waals surface area contributed by atoms with Crippen LogP contribution in [-0.2, 0) is 29.1 Å². The van der Waals surface area contributed by atoms with Gasteiger partial charge in [0, 0.05) is 18.2 Å². The van der Waals surface area contributed by atoms with Crippen LogP contribution in [0.3, 0.4) is 0 Å². The van der Waals surface area contributed by atoms with Crippen LogP contribution in [0.4, 0.5) is 0 Å². The Hall–Kier alpha value is -2.35. The van der Waals surface area contributed by atoms with Crippen LogP contribution in [0.2, 0.25) is 0 Å². The molecule has 2 heterocycles. The van der Waals surface area contributed by atoms with Gasteiger partial charge in [-0.2, -0.15) is 4.40 Å². The van der Waals surface area contributed by atoms with E-state index in [0.29, 0.717) is 17.7 Å². The molecule has 2 aliphatic rings. The first-order valence-electron chi connectivity index (χ1n) is 8.48. The first-order chi connectivity index (χ1) is 14.1. The highest BCUT2D eigenvalue weighted by atomic mass is 32.3. The van der Waals surface area contributed by atoms with E-state index in [1.54, 1.807) is 12.1 Å². The lowest BCUT2D eigenvalue weighted by Crippen LogP contribution is -2.62. The summed E-state index contributed by atoms with van der Waals surface area (Å²) in [6.07, 6.45) is 0. The van der Waals surface area contributed by atoms with Crippen LogP contribution in [-0.4, -0.2) is 59.7 Å². The molecular weight excluding hydrogens is 454 g/mol. The molecule has 2 N–H and O–H groups in total. The van der Waals surface area contributed by atoms with E-state index in [0.717, 1.165) is 10.5 Å². The molecule has 1 aromatic carbocycles. The van der Waals surface area contributed by atoms with Crippen molar-refractivity contribution in [1.82, 2.24) is 9.03 Å². The molecular formula is C17H17N3O7S3. The number of β-lactam (4-membered cyclic amide) rings is 1. The fraction of sp³-hybridized carbons (Fsp3) is 0.294. The second-order valence-corrected chi connectivity index (χ2v) is 9.92. The van der Waals surface area contributed by atoms with Crippen LogP contribution < -0.4 is 4.13 Å². The van der Waals surface area contributed by atoms with Crippen LogP contribution in [0.5, 0.6) is 0 Å². The Kier molecular flexibility index (Phi) is 6.55. The second-order valence-electron chi connectivity index (χ2n) is 6.34. The summed E-state index contributed by atoms with van der Waals surface area (Å²) >= 11 is 1.72. The third-order valence-corrected chi connectivity index (χ3v) is 7.79. The number of aryl methyl sites for hydroxylation is 1. The first-order valence-corrected chi connectivity index (χ1v) is 11.8. The van der Waals surface area contributed by atoms with E-state index >= 15 is 0 Å². The number of ether oxygens (including phenoxy) is 1. The third kappa shape index (κ3) is 4.53. The van der Waals surface area contributed by atoms with E-state index in [1.165, 1.54) is 30.8 Å². The van der Waals surface area contributed by atoms with Crippen LogP contribution >= 0.6 is 23.9 Å². The number of rotatable bonds is 7. The van der Waals surface area contributed by atoms with Crippen molar-refractivity contribution in [2.45, 2.75) is 24.1 Å². The average molecular weight is 472 g/mol. The van der Waals surface area contributed by atoms with Crippen molar-refractivity contribution in [2.75, 3.05) is 12.4 Å². The van der Waals surface area contributed by atoms with Crippen LogP contribution in [0, 0.1) is 6.92 Å². The fourth-order valence-corrected chi connectivity index (χ4v) is 5.71. The van der Waals surface area contributed by atoms with Crippen molar-refractivity contribution in [1.29, 1.82) is 0 Å². The molecule has 30 heavy (non-hydrogen) atoms. The van der Waals surface area contributed by atoms with Gasteiger partial charge in [0.1, 0.15) is 23.4 Å². The Labute approximate surface area is 181 Å². The summed E-state index contributed by atoms with van der Waals surface area (Å²) in [5.41, 5.74) is 1.02. The number of hydrogen-bond acceptors (Lipinski definition) is 9. The Morgan fingerprint density at radius 1 is 1.37 bits per heavy atom. The number of nitrogens with zero attached hydrogens (tertiary/aromatic N) is 2. The molecule has 13 heteroatoms. The van der Waals surface area contributed by atoms with Crippen LogP contribution in [0.25, 0.3) is 0 Å². The first kappa shape index (κ1) is 22.3. The number of esters is 1. The van der Waals surface area contributed by atoms with Crippen molar-refractivity contribution >= 4 is 57.5 Å². The van der Waals surface area contributed by atoms with Crippen molar-refractivity contribution in [3.05, 3.63) is 41.1 Å². The summed E-state index contributed by atoms with van der Waals surface area (Å²) in [5, 5.41) is 8.84. The number of hydrogen-bond donors (Lipinski definition) is 2. The summed E-state index contributed by atoms with van der Waals surface area (Å²) < 4.78 is 35.6. The number of aliphatic carboxylic acids is 1. The number of sulfonamides is 1. The molecule has 0 unspecified atom stereocenters. The second kappa shape index (κ2) is 8.79. The monoisotopic (exact) mass is 471 g/mol. The van der Waals surface area contributed by atoms with Crippen molar-refractivity contribution < 1.29 is 32.6 Å². The SMILES string of the molecule is CC(=O)OCC1=C(C(=O)O)N2C(=O)/C(=N/SNS(=O)(=O)c3ccc(C)cc3)[C@H]2SC1. The lowest BCUT2D eigenvalue weighted by Gasteiger charge is -2.44. The zero-order valence-electron chi connectivity index (χ0n) is 15.8. The number of fused-ring (bicyclic) bond motifs is 1. The molecule has 160 valence electrons. The molecule has 0 aromatic heterocycles. The number of carbonyl (C=O) groups excluding carboxylic acids is 2. The highest BCUT2D eigenvalue weighted by molar-refractivity contribution is 8.08. The third-order valence-electron chi connectivity index (χ3n) is 4.17. The van der Waals surface area contributed by atoms with E-state index in [4.69, 9.17) is 4.74 Å². The molecule has 1 aromatic rings. The molecule has 1 amide bonds.